The molecule has 2 fully saturated rings. The molecule has 3 atom stereocenters. The molecule has 0 aromatic carbocycles. The minimum atomic E-state index is -1.36. The molecule has 0 aromatic rings. The van der Waals surface area contributed by atoms with Crippen LogP contribution < -0.4 is 0 Å². The fourth-order valence-corrected chi connectivity index (χ4v) is 3.18. The predicted molar refractivity (Wildman–Crippen MR) is 74.9 cm³/mol. The highest BCUT2D eigenvalue weighted by molar-refractivity contribution is 5.83. The summed E-state index contributed by atoms with van der Waals surface area (Å²) in [5, 5.41) is 11.4. The number of carbonyl (C=O) groups excluding carboxylic acids is 2. The van der Waals surface area contributed by atoms with Gasteiger partial charge in [0.15, 0.2) is 6.04 Å². The SMILES string of the molecule is COC(=O)C1C2CCC(C2)N(C(=O)OC(C)(C)C)N1C(=O)O. The Hall–Kier alpha value is -1.99. The van der Waals surface area contributed by atoms with Crippen molar-refractivity contribution in [2.24, 2.45) is 5.92 Å². The zero-order valence-corrected chi connectivity index (χ0v) is 13.2. The lowest BCUT2D eigenvalue weighted by Crippen LogP contribution is -2.64. The first kappa shape index (κ1) is 16.4. The second kappa shape index (κ2) is 5.66. The molecule has 1 saturated heterocycles. The van der Waals surface area contributed by atoms with Gasteiger partial charge >= 0.3 is 18.2 Å². The molecular weight excluding hydrogens is 292 g/mol. The predicted octanol–water partition coefficient (Wildman–Crippen LogP) is 1.84. The smallest absolute Gasteiger partial charge is 0.429 e. The average molecular weight is 314 g/mol. The van der Waals surface area contributed by atoms with Crippen molar-refractivity contribution >= 4 is 18.2 Å². The lowest BCUT2D eigenvalue weighted by Gasteiger charge is -2.44. The normalized spacial score (nSPS) is 27.5. The Balaban J connectivity index is 2.35. The maximum atomic E-state index is 12.4. The Labute approximate surface area is 128 Å². The van der Waals surface area contributed by atoms with Crippen LogP contribution in [0.5, 0.6) is 0 Å². The Morgan fingerprint density at radius 3 is 2.27 bits per heavy atom. The van der Waals surface area contributed by atoms with Crippen LogP contribution in [-0.4, -0.2) is 58.1 Å². The van der Waals surface area contributed by atoms with Gasteiger partial charge in [0.2, 0.25) is 0 Å². The summed E-state index contributed by atoms with van der Waals surface area (Å²) in [7, 11) is 1.21. The second-order valence-electron chi connectivity index (χ2n) is 6.65. The highest BCUT2D eigenvalue weighted by Gasteiger charge is 2.54. The zero-order chi connectivity index (χ0) is 16.7. The molecule has 2 amide bonds. The summed E-state index contributed by atoms with van der Waals surface area (Å²) < 4.78 is 10.0. The van der Waals surface area contributed by atoms with E-state index in [1.54, 1.807) is 20.8 Å². The van der Waals surface area contributed by atoms with Gasteiger partial charge in [-0.1, -0.05) is 0 Å². The molecule has 2 aliphatic rings. The van der Waals surface area contributed by atoms with Gasteiger partial charge < -0.3 is 14.6 Å². The summed E-state index contributed by atoms with van der Waals surface area (Å²) in [5.74, 6) is -0.784. The molecular formula is C14H22N2O6. The first-order chi connectivity index (χ1) is 10.2. The van der Waals surface area contributed by atoms with Crippen molar-refractivity contribution in [2.45, 2.75) is 57.7 Å². The minimum Gasteiger partial charge on any atom is -0.467 e. The van der Waals surface area contributed by atoms with E-state index in [4.69, 9.17) is 9.47 Å². The van der Waals surface area contributed by atoms with Crippen LogP contribution in [-0.2, 0) is 14.3 Å². The van der Waals surface area contributed by atoms with Gasteiger partial charge in [0.1, 0.15) is 5.60 Å². The highest BCUT2D eigenvalue weighted by Crippen LogP contribution is 2.41. The van der Waals surface area contributed by atoms with Crippen molar-refractivity contribution in [1.82, 2.24) is 10.0 Å². The molecule has 0 aromatic heterocycles. The number of hydrazine groups is 1. The number of hydrogen-bond donors (Lipinski definition) is 1. The maximum Gasteiger partial charge on any atom is 0.429 e. The molecule has 0 spiro atoms. The van der Waals surface area contributed by atoms with Crippen LogP contribution in [0.4, 0.5) is 9.59 Å². The van der Waals surface area contributed by atoms with Crippen LogP contribution in [0.25, 0.3) is 0 Å². The van der Waals surface area contributed by atoms with Gasteiger partial charge in [-0.3, -0.25) is 0 Å². The van der Waals surface area contributed by atoms with E-state index in [0.29, 0.717) is 19.3 Å². The summed E-state index contributed by atoms with van der Waals surface area (Å²) in [5.41, 5.74) is -0.753. The zero-order valence-electron chi connectivity index (χ0n) is 13.2. The molecule has 2 rings (SSSR count). The first-order valence-corrected chi connectivity index (χ1v) is 7.28. The average Bonchev–Trinajstić information content (AvgIpc) is 2.79. The van der Waals surface area contributed by atoms with E-state index in [-0.39, 0.29) is 12.0 Å². The molecule has 8 heteroatoms. The molecule has 1 saturated carbocycles. The Morgan fingerprint density at radius 1 is 1.14 bits per heavy atom. The van der Waals surface area contributed by atoms with Gasteiger partial charge in [0, 0.05) is 0 Å². The van der Waals surface area contributed by atoms with Crippen LogP contribution in [0.2, 0.25) is 0 Å². The lowest BCUT2D eigenvalue weighted by atomic mass is 9.95. The lowest BCUT2D eigenvalue weighted by molar-refractivity contribution is -0.162. The van der Waals surface area contributed by atoms with Crippen molar-refractivity contribution < 1.29 is 29.0 Å². The van der Waals surface area contributed by atoms with E-state index in [1.807, 2.05) is 0 Å². The molecule has 1 aliphatic carbocycles. The van der Waals surface area contributed by atoms with Gasteiger partial charge in [-0.05, 0) is 46.0 Å². The number of methoxy groups -OCH3 is 1. The molecule has 124 valence electrons. The number of esters is 1. The Bertz CT molecular complexity index is 486. The van der Waals surface area contributed by atoms with Crippen molar-refractivity contribution in [2.75, 3.05) is 7.11 Å². The third-order valence-corrected chi connectivity index (χ3v) is 3.95. The first-order valence-electron chi connectivity index (χ1n) is 7.28. The van der Waals surface area contributed by atoms with Crippen LogP contribution in [0.15, 0.2) is 0 Å². The largest absolute Gasteiger partial charge is 0.467 e. The van der Waals surface area contributed by atoms with Gasteiger partial charge in [0.25, 0.3) is 0 Å². The summed E-state index contributed by atoms with van der Waals surface area (Å²) in [6, 6.07) is -1.27. The van der Waals surface area contributed by atoms with E-state index < -0.39 is 29.8 Å². The quantitative estimate of drug-likeness (QED) is 0.742. The minimum absolute atomic E-state index is 0.132. The van der Waals surface area contributed by atoms with Gasteiger partial charge in [-0.25, -0.2) is 19.4 Å². The summed E-state index contributed by atoms with van der Waals surface area (Å²) in [6.45, 7) is 5.11. The molecule has 1 aliphatic heterocycles. The fourth-order valence-electron chi connectivity index (χ4n) is 3.18. The van der Waals surface area contributed by atoms with Gasteiger partial charge in [-0.2, -0.15) is 5.01 Å². The summed E-state index contributed by atoms with van der Waals surface area (Å²) in [6.07, 6.45) is -0.232. The molecule has 0 radical (unpaired) electrons. The number of hydrogen-bond acceptors (Lipinski definition) is 5. The highest BCUT2D eigenvalue weighted by atomic mass is 16.6. The number of carbonyl (C=O) groups is 3. The van der Waals surface area contributed by atoms with Gasteiger partial charge in [-0.15, -0.1) is 0 Å². The molecule has 2 bridgehead atoms. The molecule has 1 N–H and O–H groups in total. The number of amides is 2. The van der Waals surface area contributed by atoms with Crippen molar-refractivity contribution in [3.63, 3.8) is 0 Å². The molecule has 3 unspecified atom stereocenters. The molecule has 8 nitrogen and oxygen atoms in total. The van der Waals surface area contributed by atoms with Crippen LogP contribution >= 0.6 is 0 Å². The number of nitrogens with zero attached hydrogens (tertiary/aromatic N) is 2. The molecule has 22 heavy (non-hydrogen) atoms. The van der Waals surface area contributed by atoms with Gasteiger partial charge in [0.05, 0.1) is 13.2 Å². The van der Waals surface area contributed by atoms with Crippen molar-refractivity contribution in [3.8, 4) is 0 Å². The molecule has 1 heterocycles. The van der Waals surface area contributed by atoms with Crippen molar-refractivity contribution in [3.05, 3.63) is 0 Å². The van der Waals surface area contributed by atoms with E-state index in [2.05, 4.69) is 0 Å². The number of carboxylic acid groups (broad SMARTS) is 1. The summed E-state index contributed by atoms with van der Waals surface area (Å²) >= 11 is 0. The van der Waals surface area contributed by atoms with E-state index in [9.17, 15) is 19.5 Å². The second-order valence-corrected chi connectivity index (χ2v) is 6.65. The summed E-state index contributed by atoms with van der Waals surface area (Å²) in [4.78, 5) is 36.1. The maximum absolute atomic E-state index is 12.4. The fraction of sp³-hybridized carbons (Fsp3) is 0.786. The van der Waals surface area contributed by atoms with E-state index >= 15 is 0 Å². The third kappa shape index (κ3) is 2.95. The van der Waals surface area contributed by atoms with Crippen LogP contribution in [0.3, 0.4) is 0 Å². The Morgan fingerprint density at radius 2 is 1.77 bits per heavy atom. The van der Waals surface area contributed by atoms with Crippen molar-refractivity contribution in [1.29, 1.82) is 0 Å². The number of fused-ring (bicyclic) bond motifs is 2. The van der Waals surface area contributed by atoms with Crippen LogP contribution in [0.1, 0.15) is 40.0 Å². The number of rotatable bonds is 1. The number of ether oxygens (including phenoxy) is 2. The monoisotopic (exact) mass is 314 g/mol. The Kier molecular flexibility index (Phi) is 4.21. The van der Waals surface area contributed by atoms with Crippen LogP contribution in [0, 0.1) is 5.92 Å². The third-order valence-electron chi connectivity index (χ3n) is 3.95. The van der Waals surface area contributed by atoms with E-state index in [0.717, 1.165) is 10.0 Å². The van der Waals surface area contributed by atoms with E-state index in [1.165, 1.54) is 7.11 Å². The standard InChI is InChI=1S/C14H22N2O6/c1-14(2,3)22-13(20)15-9-6-5-8(7-9)10(11(17)21-4)16(15)12(18)19/h8-10H,5-7H2,1-4H3,(H,18,19). The topological polar surface area (TPSA) is 96.4 Å².